The molecule has 0 aromatic carbocycles. The summed E-state index contributed by atoms with van der Waals surface area (Å²) in [6.07, 6.45) is 6.20. The summed E-state index contributed by atoms with van der Waals surface area (Å²) in [6.45, 7) is 0. The zero-order valence-corrected chi connectivity index (χ0v) is 16.6. The summed E-state index contributed by atoms with van der Waals surface area (Å²) < 4.78 is 15.6. The molecule has 6 aromatic rings. The van der Waals surface area contributed by atoms with Crippen molar-refractivity contribution in [3.05, 3.63) is 60.3 Å². The highest BCUT2D eigenvalue weighted by atomic mass is 32.1. The number of nitrogen functional groups attached to an aromatic ring is 1. The summed E-state index contributed by atoms with van der Waals surface area (Å²) in [5.41, 5.74) is 9.98. The third-order valence-electron chi connectivity index (χ3n) is 4.98. The van der Waals surface area contributed by atoms with Crippen molar-refractivity contribution in [1.82, 2.24) is 35.1 Å². The Morgan fingerprint density at radius 3 is 2.84 bits per heavy atom. The minimum absolute atomic E-state index is 0.240. The van der Waals surface area contributed by atoms with Gasteiger partial charge in [-0.1, -0.05) is 6.07 Å². The van der Waals surface area contributed by atoms with Gasteiger partial charge in [-0.3, -0.25) is 15.1 Å². The maximum absolute atomic E-state index is 15.6. The highest BCUT2D eigenvalue weighted by Crippen LogP contribution is 2.34. The number of nitrogens with zero attached hydrogens (tertiary/aromatic N) is 5. The number of halogens is 1. The predicted molar refractivity (Wildman–Crippen MR) is 118 cm³/mol. The maximum atomic E-state index is 15.6. The van der Waals surface area contributed by atoms with Gasteiger partial charge in [0.2, 0.25) is 0 Å². The van der Waals surface area contributed by atoms with Gasteiger partial charge in [-0.05, 0) is 23.6 Å². The van der Waals surface area contributed by atoms with E-state index < -0.39 is 5.82 Å². The molecule has 0 saturated heterocycles. The van der Waals surface area contributed by atoms with Gasteiger partial charge in [0.25, 0.3) is 0 Å². The van der Waals surface area contributed by atoms with E-state index in [2.05, 4.69) is 30.1 Å². The van der Waals surface area contributed by atoms with Crippen LogP contribution < -0.4 is 5.73 Å². The monoisotopic (exact) mass is 428 g/mol. The third-order valence-corrected chi connectivity index (χ3v) is 5.85. The minimum atomic E-state index is -0.474. The van der Waals surface area contributed by atoms with Gasteiger partial charge >= 0.3 is 0 Å². The summed E-state index contributed by atoms with van der Waals surface area (Å²) in [5, 5.41) is 9.30. The van der Waals surface area contributed by atoms with Crippen molar-refractivity contribution in [3.63, 3.8) is 0 Å². The van der Waals surface area contributed by atoms with Crippen molar-refractivity contribution in [3.8, 4) is 33.2 Å². The van der Waals surface area contributed by atoms with E-state index in [1.807, 2.05) is 23.6 Å². The second-order valence-corrected chi connectivity index (χ2v) is 7.85. The van der Waals surface area contributed by atoms with Crippen molar-refractivity contribution in [2.45, 2.75) is 0 Å². The molecule has 31 heavy (non-hydrogen) atoms. The molecule has 0 aliphatic rings. The van der Waals surface area contributed by atoms with Crippen LogP contribution >= 0.6 is 11.3 Å². The van der Waals surface area contributed by atoms with Crippen LogP contribution in [0.1, 0.15) is 0 Å². The van der Waals surface area contributed by atoms with Gasteiger partial charge in [0.15, 0.2) is 11.5 Å². The van der Waals surface area contributed by atoms with Gasteiger partial charge in [-0.25, -0.2) is 14.4 Å². The van der Waals surface area contributed by atoms with E-state index in [1.165, 1.54) is 12.4 Å². The van der Waals surface area contributed by atoms with Gasteiger partial charge in [-0.15, -0.1) is 11.3 Å². The molecule has 0 aliphatic heterocycles. The summed E-state index contributed by atoms with van der Waals surface area (Å²) >= 11 is 1.58. The lowest BCUT2D eigenvalue weighted by Gasteiger charge is -2.05. The predicted octanol–water partition coefficient (Wildman–Crippen LogP) is 4.41. The molecule has 0 saturated carbocycles. The Morgan fingerprint density at radius 1 is 1.06 bits per heavy atom. The highest BCUT2D eigenvalue weighted by molar-refractivity contribution is 7.13. The molecule has 0 radical (unpaired) electrons. The van der Waals surface area contributed by atoms with Gasteiger partial charge in [-0.2, -0.15) is 5.10 Å². The van der Waals surface area contributed by atoms with E-state index in [0.717, 1.165) is 16.1 Å². The van der Waals surface area contributed by atoms with Crippen LogP contribution in [0.15, 0.2) is 54.4 Å². The number of imidazole rings is 1. The van der Waals surface area contributed by atoms with Gasteiger partial charge in [0, 0.05) is 35.9 Å². The number of anilines is 1. The average molecular weight is 428 g/mol. The fourth-order valence-electron chi connectivity index (χ4n) is 3.57. The minimum Gasteiger partial charge on any atom is -0.397 e. The molecule has 6 aromatic heterocycles. The van der Waals surface area contributed by atoms with Crippen molar-refractivity contribution in [2.24, 2.45) is 0 Å². The van der Waals surface area contributed by atoms with Crippen LogP contribution in [-0.4, -0.2) is 35.1 Å². The van der Waals surface area contributed by atoms with E-state index in [4.69, 9.17) is 10.7 Å². The molecule has 150 valence electrons. The van der Waals surface area contributed by atoms with Crippen LogP contribution in [0.2, 0.25) is 0 Å². The number of rotatable bonds is 3. The van der Waals surface area contributed by atoms with Crippen LogP contribution in [0.25, 0.3) is 55.3 Å². The van der Waals surface area contributed by atoms with E-state index in [9.17, 15) is 0 Å². The molecule has 0 fully saturated rings. The van der Waals surface area contributed by atoms with Gasteiger partial charge in [0.05, 0.1) is 21.5 Å². The largest absolute Gasteiger partial charge is 0.397 e. The van der Waals surface area contributed by atoms with E-state index >= 15 is 4.39 Å². The zero-order chi connectivity index (χ0) is 20.9. The molecule has 0 aliphatic carbocycles. The number of nitrogens with two attached hydrogens (primary N) is 1. The highest BCUT2D eigenvalue weighted by Gasteiger charge is 2.21. The molecular weight excluding hydrogens is 415 g/mol. The lowest BCUT2D eigenvalue weighted by atomic mass is 10.1. The number of hydrogen-bond donors (Lipinski definition) is 3. The number of pyridine rings is 3. The van der Waals surface area contributed by atoms with Gasteiger partial charge in [0.1, 0.15) is 22.7 Å². The molecule has 6 rings (SSSR count). The Bertz CT molecular complexity index is 1570. The summed E-state index contributed by atoms with van der Waals surface area (Å²) in [7, 11) is 0. The standard InChI is InChI=1S/C21H13FN8S/c22-16-12(10-6-11(23)8-24-7-10)9-26-20-15(16)19(29-30-20)21-27-13-3-4-25-18(17(13)28-21)14-2-1-5-31-14/h1-9H,23H2,(H,27,28)(H,26,29,30). The second-order valence-electron chi connectivity index (χ2n) is 6.91. The number of thiophene rings is 1. The molecule has 4 N–H and O–H groups in total. The summed E-state index contributed by atoms with van der Waals surface area (Å²) in [5.74, 6) is -0.0474. The fraction of sp³-hybridized carbons (Fsp3) is 0. The Morgan fingerprint density at radius 2 is 2.00 bits per heavy atom. The Hall–Kier alpha value is -4.18. The Labute approximate surface area is 178 Å². The summed E-state index contributed by atoms with van der Waals surface area (Å²) in [4.78, 5) is 21.8. The van der Waals surface area contributed by atoms with Gasteiger partial charge < -0.3 is 10.7 Å². The van der Waals surface area contributed by atoms with Crippen molar-refractivity contribution in [2.75, 3.05) is 5.73 Å². The van der Waals surface area contributed by atoms with E-state index in [1.54, 1.807) is 29.8 Å². The SMILES string of the molecule is Nc1cncc(-c2cnc3[nH]nc(-c4nc5c(-c6cccs6)nccc5[nH]4)c3c2F)c1. The van der Waals surface area contributed by atoms with Crippen molar-refractivity contribution >= 4 is 39.1 Å². The van der Waals surface area contributed by atoms with Crippen LogP contribution in [0, 0.1) is 5.82 Å². The number of H-pyrrole nitrogens is 2. The molecular formula is C21H13FN8S. The Kier molecular flexibility index (Phi) is 3.80. The molecule has 0 atom stereocenters. The van der Waals surface area contributed by atoms with Crippen LogP contribution in [0.3, 0.4) is 0 Å². The molecule has 0 amide bonds. The number of aromatic amines is 2. The maximum Gasteiger partial charge on any atom is 0.159 e. The molecule has 6 heterocycles. The molecule has 0 bridgehead atoms. The van der Waals surface area contributed by atoms with Crippen LogP contribution in [0.4, 0.5) is 10.1 Å². The normalized spacial score (nSPS) is 11.5. The van der Waals surface area contributed by atoms with E-state index in [-0.39, 0.29) is 10.9 Å². The number of aromatic nitrogens is 7. The average Bonchev–Trinajstić information content (AvgIpc) is 3.52. The number of fused-ring (bicyclic) bond motifs is 2. The Balaban J connectivity index is 1.56. The first kappa shape index (κ1) is 17.7. The molecule has 8 nitrogen and oxygen atoms in total. The molecule has 0 unspecified atom stereocenters. The third kappa shape index (κ3) is 2.76. The first-order chi connectivity index (χ1) is 15.2. The number of hydrogen-bond acceptors (Lipinski definition) is 7. The first-order valence-electron chi connectivity index (χ1n) is 9.31. The van der Waals surface area contributed by atoms with E-state index in [0.29, 0.717) is 33.9 Å². The lowest BCUT2D eigenvalue weighted by Crippen LogP contribution is -1.93. The molecule has 10 heteroatoms. The smallest absolute Gasteiger partial charge is 0.159 e. The second kappa shape index (κ2) is 6.67. The van der Waals surface area contributed by atoms with Crippen molar-refractivity contribution < 1.29 is 4.39 Å². The fourth-order valence-corrected chi connectivity index (χ4v) is 4.30. The topological polar surface area (TPSA) is 122 Å². The summed E-state index contributed by atoms with van der Waals surface area (Å²) in [6, 6.07) is 7.43. The molecule has 0 spiro atoms. The zero-order valence-electron chi connectivity index (χ0n) is 15.8. The van der Waals surface area contributed by atoms with Crippen LogP contribution in [-0.2, 0) is 0 Å². The lowest BCUT2D eigenvalue weighted by molar-refractivity contribution is 0.642. The first-order valence-corrected chi connectivity index (χ1v) is 10.2. The quantitative estimate of drug-likeness (QED) is 0.384. The van der Waals surface area contributed by atoms with Crippen molar-refractivity contribution in [1.29, 1.82) is 0 Å². The number of nitrogens with one attached hydrogen (secondary N) is 2. The van der Waals surface area contributed by atoms with Crippen LogP contribution in [0.5, 0.6) is 0 Å².